The van der Waals surface area contributed by atoms with Crippen LogP contribution in [0.4, 0.5) is 5.69 Å². The van der Waals surface area contributed by atoms with E-state index in [2.05, 4.69) is 10.3 Å². The van der Waals surface area contributed by atoms with Crippen molar-refractivity contribution in [2.75, 3.05) is 11.9 Å². The number of aromatic nitrogens is 1. The van der Waals surface area contributed by atoms with Gasteiger partial charge >= 0.3 is 0 Å². The minimum atomic E-state index is -0.711. The van der Waals surface area contributed by atoms with Crippen molar-refractivity contribution >= 4 is 17.5 Å². The molecule has 3 rings (SSSR count). The summed E-state index contributed by atoms with van der Waals surface area (Å²) in [5.74, 6) is 0.453. The van der Waals surface area contributed by atoms with Gasteiger partial charge in [-0.2, -0.15) is 0 Å². The summed E-state index contributed by atoms with van der Waals surface area (Å²) < 4.78 is 5.78. The number of carbonyl (C=O) groups excluding carboxylic acids is 2. The second-order valence-electron chi connectivity index (χ2n) is 5.85. The zero-order valence-corrected chi connectivity index (χ0v) is 13.8. The molecule has 2 amide bonds. The minimum Gasteiger partial charge on any atom is -0.455 e. The third-order valence-electron chi connectivity index (χ3n) is 4.00. The minimum absolute atomic E-state index is 0.161. The van der Waals surface area contributed by atoms with Crippen LogP contribution in [0, 0.1) is 0 Å². The largest absolute Gasteiger partial charge is 0.455 e. The number of hydrogen-bond donors (Lipinski definition) is 2. The van der Waals surface area contributed by atoms with E-state index in [0.29, 0.717) is 17.2 Å². The quantitative estimate of drug-likeness (QED) is 0.885. The first kappa shape index (κ1) is 16.9. The van der Waals surface area contributed by atoms with Gasteiger partial charge in [0.2, 0.25) is 11.8 Å². The van der Waals surface area contributed by atoms with Gasteiger partial charge in [-0.15, -0.1) is 0 Å². The molecule has 130 valence electrons. The molecule has 0 radical (unpaired) electrons. The van der Waals surface area contributed by atoms with Crippen LogP contribution in [-0.2, 0) is 9.59 Å². The maximum absolute atomic E-state index is 12.6. The Morgan fingerprint density at radius 3 is 2.76 bits per heavy atom. The van der Waals surface area contributed by atoms with E-state index in [0.717, 1.165) is 0 Å². The van der Waals surface area contributed by atoms with Gasteiger partial charge in [-0.1, -0.05) is 18.2 Å². The fourth-order valence-electron chi connectivity index (χ4n) is 2.81. The number of anilines is 1. The van der Waals surface area contributed by atoms with E-state index in [4.69, 9.17) is 4.74 Å². The van der Waals surface area contributed by atoms with E-state index in [-0.39, 0.29) is 24.8 Å². The Bertz CT molecular complexity index is 766. The molecular weight excluding hydrogens is 322 g/mol. The van der Waals surface area contributed by atoms with Gasteiger partial charge in [-0.25, -0.2) is 0 Å². The Hall–Kier alpha value is -2.93. The Kier molecular flexibility index (Phi) is 4.95. The van der Waals surface area contributed by atoms with E-state index < -0.39 is 12.1 Å². The molecule has 7 nitrogen and oxygen atoms in total. The third-order valence-corrected chi connectivity index (χ3v) is 4.00. The summed E-state index contributed by atoms with van der Waals surface area (Å²) in [4.78, 5) is 29.6. The molecule has 1 aromatic heterocycles. The fourth-order valence-corrected chi connectivity index (χ4v) is 2.81. The van der Waals surface area contributed by atoms with Gasteiger partial charge < -0.3 is 20.1 Å². The van der Waals surface area contributed by atoms with Crippen LogP contribution < -0.4 is 10.1 Å². The number of rotatable bonds is 4. The number of likely N-dealkylation sites (tertiary alicyclic amines) is 1. The Morgan fingerprint density at radius 1 is 1.28 bits per heavy atom. The van der Waals surface area contributed by atoms with Gasteiger partial charge in [0.15, 0.2) is 5.75 Å². The molecule has 0 aliphatic carbocycles. The average molecular weight is 341 g/mol. The first-order chi connectivity index (χ1) is 12.0. The van der Waals surface area contributed by atoms with Gasteiger partial charge in [0.1, 0.15) is 17.5 Å². The maximum Gasteiger partial charge on any atom is 0.247 e. The summed E-state index contributed by atoms with van der Waals surface area (Å²) in [6.45, 7) is 1.54. The Morgan fingerprint density at radius 2 is 2.04 bits per heavy atom. The van der Waals surface area contributed by atoms with Crippen molar-refractivity contribution in [3.63, 3.8) is 0 Å². The van der Waals surface area contributed by atoms with Crippen molar-refractivity contribution in [2.45, 2.75) is 25.5 Å². The Labute approximate surface area is 145 Å². The molecule has 2 N–H and O–H groups in total. The lowest BCUT2D eigenvalue weighted by molar-refractivity contribution is -0.134. The predicted octanol–water partition coefficient (Wildman–Crippen LogP) is 1.79. The number of carbonyl (C=O) groups is 2. The molecule has 2 atom stereocenters. The van der Waals surface area contributed by atoms with Crippen molar-refractivity contribution < 1.29 is 19.4 Å². The number of pyridine rings is 1. The summed E-state index contributed by atoms with van der Waals surface area (Å²) in [6.07, 6.45) is 2.56. The molecule has 2 heterocycles. The molecule has 0 unspecified atom stereocenters. The van der Waals surface area contributed by atoms with E-state index in [9.17, 15) is 14.7 Å². The van der Waals surface area contributed by atoms with Crippen molar-refractivity contribution in [1.29, 1.82) is 0 Å². The second-order valence-corrected chi connectivity index (χ2v) is 5.85. The molecule has 2 aromatic rings. The van der Waals surface area contributed by atoms with Gasteiger partial charge in [0, 0.05) is 32.2 Å². The highest BCUT2D eigenvalue weighted by molar-refractivity contribution is 5.98. The van der Waals surface area contributed by atoms with Crippen molar-refractivity contribution in [2.24, 2.45) is 0 Å². The number of hydrogen-bond acceptors (Lipinski definition) is 5. The molecule has 25 heavy (non-hydrogen) atoms. The molecule has 7 heteroatoms. The van der Waals surface area contributed by atoms with Gasteiger partial charge in [0.05, 0.1) is 12.3 Å². The summed E-state index contributed by atoms with van der Waals surface area (Å²) >= 11 is 0. The van der Waals surface area contributed by atoms with Crippen LogP contribution in [0.3, 0.4) is 0 Å². The first-order valence-corrected chi connectivity index (χ1v) is 7.97. The number of nitrogens with one attached hydrogen (secondary N) is 1. The molecule has 0 saturated carbocycles. The maximum atomic E-state index is 12.6. The summed E-state index contributed by atoms with van der Waals surface area (Å²) in [6, 6.07) is 10.1. The number of amides is 2. The van der Waals surface area contributed by atoms with Crippen molar-refractivity contribution in [1.82, 2.24) is 9.88 Å². The number of aliphatic hydroxyl groups excluding tert-OH is 1. The lowest BCUT2D eigenvalue weighted by Gasteiger charge is -2.22. The monoisotopic (exact) mass is 341 g/mol. The van der Waals surface area contributed by atoms with E-state index in [1.165, 1.54) is 18.0 Å². The number of aliphatic hydroxyl groups is 1. The smallest absolute Gasteiger partial charge is 0.247 e. The molecule has 1 aromatic carbocycles. The second kappa shape index (κ2) is 7.31. The van der Waals surface area contributed by atoms with E-state index in [1.54, 1.807) is 24.4 Å². The molecule has 1 aliphatic heterocycles. The topological polar surface area (TPSA) is 91.8 Å². The van der Waals surface area contributed by atoms with Gasteiger partial charge in [0.25, 0.3) is 0 Å². The molecule has 1 aliphatic rings. The van der Waals surface area contributed by atoms with Crippen LogP contribution in [0.2, 0.25) is 0 Å². The highest BCUT2D eigenvalue weighted by Crippen LogP contribution is 2.29. The number of ether oxygens (including phenoxy) is 1. The van der Waals surface area contributed by atoms with Crippen LogP contribution in [0.5, 0.6) is 11.5 Å². The zero-order valence-electron chi connectivity index (χ0n) is 13.8. The number of β-amino-alcohol motifs (C(OH)–C–C–N with tert-alkyl or cyclic N) is 1. The molecule has 0 bridgehead atoms. The van der Waals surface area contributed by atoms with Crippen LogP contribution in [0.15, 0.2) is 48.8 Å². The van der Waals surface area contributed by atoms with Gasteiger partial charge in [-0.05, 0) is 12.1 Å². The van der Waals surface area contributed by atoms with Crippen molar-refractivity contribution in [3.05, 3.63) is 48.8 Å². The molecule has 0 spiro atoms. The summed E-state index contributed by atoms with van der Waals surface area (Å²) in [5, 5.41) is 12.5. The van der Waals surface area contributed by atoms with Crippen LogP contribution in [0.25, 0.3) is 0 Å². The summed E-state index contributed by atoms with van der Waals surface area (Å²) in [5.41, 5.74) is 0.404. The normalized spacial score (nSPS) is 19.5. The predicted molar refractivity (Wildman–Crippen MR) is 91.2 cm³/mol. The third kappa shape index (κ3) is 3.95. The SMILES string of the molecule is CC(=O)N1C[C@@H](O)C[C@@H]1C(=O)Nc1cnccc1Oc1ccccc1. The number of nitrogens with zero attached hydrogens (tertiary/aromatic N) is 2. The van der Waals surface area contributed by atoms with Crippen LogP contribution in [-0.4, -0.2) is 45.5 Å². The van der Waals surface area contributed by atoms with Crippen LogP contribution in [0.1, 0.15) is 13.3 Å². The highest BCUT2D eigenvalue weighted by atomic mass is 16.5. The summed E-state index contributed by atoms with van der Waals surface area (Å²) in [7, 11) is 0. The van der Waals surface area contributed by atoms with Gasteiger partial charge in [-0.3, -0.25) is 14.6 Å². The van der Waals surface area contributed by atoms with Crippen molar-refractivity contribution in [3.8, 4) is 11.5 Å². The molecule has 1 saturated heterocycles. The highest BCUT2D eigenvalue weighted by Gasteiger charge is 2.37. The Balaban J connectivity index is 1.76. The lowest BCUT2D eigenvalue weighted by atomic mass is 10.2. The number of benzene rings is 1. The fraction of sp³-hybridized carbons (Fsp3) is 0.278. The average Bonchev–Trinajstić information content (AvgIpc) is 3.00. The van der Waals surface area contributed by atoms with E-state index in [1.807, 2.05) is 18.2 Å². The van der Waals surface area contributed by atoms with Crippen LogP contribution >= 0.6 is 0 Å². The zero-order chi connectivity index (χ0) is 17.8. The molecule has 1 fully saturated rings. The van der Waals surface area contributed by atoms with E-state index >= 15 is 0 Å². The molecular formula is C18H19N3O4. The number of para-hydroxylation sites is 1. The lowest BCUT2D eigenvalue weighted by Crippen LogP contribution is -2.42. The standard InChI is InChI=1S/C18H19N3O4/c1-12(22)21-11-13(23)9-16(21)18(24)20-15-10-19-8-7-17(15)25-14-5-3-2-4-6-14/h2-8,10,13,16,23H,9,11H2,1H3,(H,20,24)/t13-,16+/m0/s1. The first-order valence-electron chi connectivity index (χ1n) is 7.97.